The Kier molecular flexibility index (Phi) is 6.20. The van der Waals surface area contributed by atoms with E-state index in [-0.39, 0.29) is 6.03 Å². The summed E-state index contributed by atoms with van der Waals surface area (Å²) in [7, 11) is 0. The zero-order chi connectivity index (χ0) is 19.3. The van der Waals surface area contributed by atoms with Crippen LogP contribution in [0.15, 0.2) is 35.5 Å². The Hall–Kier alpha value is -2.02. The van der Waals surface area contributed by atoms with Crippen molar-refractivity contribution in [2.24, 2.45) is 5.92 Å². The van der Waals surface area contributed by atoms with Gasteiger partial charge >= 0.3 is 6.03 Å². The predicted octanol–water partition coefficient (Wildman–Crippen LogP) is 4.11. The van der Waals surface area contributed by atoms with Gasteiger partial charge in [0.1, 0.15) is 5.82 Å². The number of rotatable bonds is 7. The van der Waals surface area contributed by atoms with Crippen molar-refractivity contribution in [1.29, 1.82) is 0 Å². The molecule has 1 aromatic carbocycles. The van der Waals surface area contributed by atoms with Gasteiger partial charge in [0, 0.05) is 29.9 Å². The lowest BCUT2D eigenvalue weighted by atomic mass is 9.86. The maximum absolute atomic E-state index is 12.2. The minimum absolute atomic E-state index is 0.0532. The second-order valence-electron chi connectivity index (χ2n) is 7.90. The van der Waals surface area contributed by atoms with Crippen LogP contribution < -0.4 is 10.6 Å². The number of thioether (sulfide) groups is 1. The quantitative estimate of drug-likeness (QED) is 0.543. The highest BCUT2D eigenvalue weighted by Gasteiger charge is 2.31. The molecule has 2 saturated carbocycles. The van der Waals surface area contributed by atoms with Crippen molar-refractivity contribution in [1.82, 2.24) is 25.4 Å². The number of benzene rings is 1. The van der Waals surface area contributed by atoms with Crippen LogP contribution in [0, 0.1) is 5.92 Å². The van der Waals surface area contributed by atoms with E-state index in [1.165, 1.54) is 32.1 Å². The molecular weight excluding hydrogens is 370 g/mol. The summed E-state index contributed by atoms with van der Waals surface area (Å²) in [4.78, 5) is 12.2. The summed E-state index contributed by atoms with van der Waals surface area (Å²) in [6.07, 6.45) is 7.17. The molecule has 2 aromatic rings. The van der Waals surface area contributed by atoms with Gasteiger partial charge in [-0.3, -0.25) is 4.57 Å². The van der Waals surface area contributed by atoms with Gasteiger partial charge in [0.05, 0.1) is 0 Å². The van der Waals surface area contributed by atoms with Gasteiger partial charge in [0.25, 0.3) is 0 Å². The highest BCUT2D eigenvalue weighted by atomic mass is 32.2. The molecule has 0 radical (unpaired) electrons. The summed E-state index contributed by atoms with van der Waals surface area (Å²) in [5, 5.41) is 15.9. The van der Waals surface area contributed by atoms with Gasteiger partial charge < -0.3 is 10.6 Å². The van der Waals surface area contributed by atoms with Crippen LogP contribution in [0.4, 0.5) is 4.79 Å². The average molecular weight is 400 g/mol. The van der Waals surface area contributed by atoms with E-state index in [9.17, 15) is 4.79 Å². The summed E-state index contributed by atoms with van der Waals surface area (Å²) in [6.45, 7) is 2.84. The number of amides is 2. The van der Waals surface area contributed by atoms with E-state index in [1.54, 1.807) is 11.8 Å². The van der Waals surface area contributed by atoms with Crippen LogP contribution in [0.2, 0.25) is 0 Å². The normalized spacial score (nSPS) is 22.0. The third kappa shape index (κ3) is 4.69. The smallest absolute Gasteiger partial charge is 0.315 e. The fourth-order valence-electron chi connectivity index (χ4n) is 3.86. The van der Waals surface area contributed by atoms with Crippen LogP contribution in [0.1, 0.15) is 57.2 Å². The first-order valence-corrected chi connectivity index (χ1v) is 11.4. The van der Waals surface area contributed by atoms with Crippen LogP contribution in [0.5, 0.6) is 0 Å². The van der Waals surface area contributed by atoms with Gasteiger partial charge in [-0.05, 0) is 43.7 Å². The van der Waals surface area contributed by atoms with E-state index in [1.807, 2.05) is 18.2 Å². The highest BCUT2D eigenvalue weighted by molar-refractivity contribution is 7.99. The first kappa shape index (κ1) is 19.3. The molecule has 1 heterocycles. The molecule has 0 bridgehead atoms. The topological polar surface area (TPSA) is 71.8 Å². The Morgan fingerprint density at radius 1 is 1.14 bits per heavy atom. The van der Waals surface area contributed by atoms with Crippen LogP contribution in [-0.2, 0) is 0 Å². The Bertz CT molecular complexity index is 789. The van der Waals surface area contributed by atoms with Gasteiger partial charge in [0.2, 0.25) is 0 Å². The van der Waals surface area contributed by atoms with E-state index in [0.29, 0.717) is 24.4 Å². The molecule has 1 aromatic heterocycles. The maximum atomic E-state index is 12.2. The number of aromatic nitrogens is 3. The standard InChI is InChI=1S/C21H29N5OS/c1-15-7-5-6-10-18(15)23-20(27)22-13-14-28-21-25-24-19(16-11-12-16)26(21)17-8-3-2-4-9-17/h2-4,8-9,15-16,18H,5-7,10-14H2,1H3,(H2,22,23,27). The molecule has 2 N–H and O–H groups in total. The molecule has 2 aliphatic rings. The van der Waals surface area contributed by atoms with Crippen molar-refractivity contribution in [3.05, 3.63) is 36.2 Å². The van der Waals surface area contributed by atoms with Crippen LogP contribution in [0.25, 0.3) is 5.69 Å². The van der Waals surface area contributed by atoms with E-state index in [0.717, 1.165) is 28.8 Å². The minimum Gasteiger partial charge on any atom is -0.337 e. The molecule has 0 saturated heterocycles. The lowest BCUT2D eigenvalue weighted by Gasteiger charge is -2.29. The minimum atomic E-state index is -0.0532. The molecule has 0 spiro atoms. The number of hydrogen-bond donors (Lipinski definition) is 2. The summed E-state index contributed by atoms with van der Waals surface area (Å²) in [6, 6.07) is 10.5. The molecule has 6 nitrogen and oxygen atoms in total. The zero-order valence-corrected chi connectivity index (χ0v) is 17.3. The molecule has 28 heavy (non-hydrogen) atoms. The number of carbonyl (C=O) groups is 1. The molecular formula is C21H29N5OS. The van der Waals surface area contributed by atoms with Crippen LogP contribution in [0.3, 0.4) is 0 Å². The molecule has 2 unspecified atom stereocenters. The van der Waals surface area contributed by atoms with Gasteiger partial charge in [-0.1, -0.05) is 49.7 Å². The summed E-state index contributed by atoms with van der Waals surface area (Å²) >= 11 is 1.64. The van der Waals surface area contributed by atoms with Crippen LogP contribution >= 0.6 is 11.8 Å². The number of nitrogens with one attached hydrogen (secondary N) is 2. The molecule has 7 heteroatoms. The number of carbonyl (C=O) groups excluding carboxylic acids is 1. The van der Waals surface area contributed by atoms with Crippen molar-refractivity contribution in [3.63, 3.8) is 0 Å². The molecule has 150 valence electrons. The zero-order valence-electron chi connectivity index (χ0n) is 16.4. The van der Waals surface area contributed by atoms with Gasteiger partial charge in [0.15, 0.2) is 5.16 Å². The summed E-state index contributed by atoms with van der Waals surface area (Å²) in [5.74, 6) is 2.93. The fraction of sp³-hybridized carbons (Fsp3) is 0.571. The molecule has 2 fully saturated rings. The number of urea groups is 1. The fourth-order valence-corrected chi connectivity index (χ4v) is 4.67. The third-order valence-corrected chi connectivity index (χ3v) is 6.59. The number of para-hydroxylation sites is 1. The van der Waals surface area contributed by atoms with E-state index >= 15 is 0 Å². The molecule has 0 aliphatic heterocycles. The Morgan fingerprint density at radius 2 is 1.93 bits per heavy atom. The summed E-state index contributed by atoms with van der Waals surface area (Å²) in [5.41, 5.74) is 1.11. The maximum Gasteiger partial charge on any atom is 0.315 e. The molecule has 2 amide bonds. The Balaban J connectivity index is 1.30. The number of hydrogen-bond acceptors (Lipinski definition) is 4. The first-order valence-electron chi connectivity index (χ1n) is 10.4. The second kappa shape index (κ2) is 8.99. The van der Waals surface area contributed by atoms with Crippen molar-refractivity contribution in [2.75, 3.05) is 12.3 Å². The Labute approximate surface area is 170 Å². The largest absolute Gasteiger partial charge is 0.337 e. The predicted molar refractivity (Wildman–Crippen MR) is 112 cm³/mol. The van der Waals surface area contributed by atoms with Gasteiger partial charge in [-0.25, -0.2) is 4.79 Å². The first-order chi connectivity index (χ1) is 13.7. The average Bonchev–Trinajstić information content (AvgIpc) is 3.47. The van der Waals surface area contributed by atoms with Gasteiger partial charge in [-0.15, -0.1) is 10.2 Å². The lowest BCUT2D eigenvalue weighted by molar-refractivity contribution is 0.222. The van der Waals surface area contributed by atoms with Crippen molar-refractivity contribution < 1.29 is 4.79 Å². The SMILES string of the molecule is CC1CCCCC1NC(=O)NCCSc1nnc(C2CC2)n1-c1ccccc1. The van der Waals surface area contributed by atoms with Crippen molar-refractivity contribution in [2.45, 2.75) is 62.6 Å². The summed E-state index contributed by atoms with van der Waals surface area (Å²) < 4.78 is 2.17. The molecule has 2 aliphatic carbocycles. The Morgan fingerprint density at radius 3 is 2.68 bits per heavy atom. The molecule has 2 atom stereocenters. The lowest BCUT2D eigenvalue weighted by Crippen LogP contribution is -2.46. The van der Waals surface area contributed by atoms with Crippen LogP contribution in [-0.4, -0.2) is 39.1 Å². The van der Waals surface area contributed by atoms with E-state index < -0.39 is 0 Å². The van der Waals surface area contributed by atoms with E-state index in [4.69, 9.17) is 0 Å². The van der Waals surface area contributed by atoms with Crippen molar-refractivity contribution >= 4 is 17.8 Å². The second-order valence-corrected chi connectivity index (χ2v) is 8.97. The molecule has 4 rings (SSSR count). The third-order valence-electron chi connectivity index (χ3n) is 5.66. The van der Waals surface area contributed by atoms with Crippen molar-refractivity contribution in [3.8, 4) is 5.69 Å². The highest BCUT2D eigenvalue weighted by Crippen LogP contribution is 2.41. The monoisotopic (exact) mass is 399 g/mol. The van der Waals surface area contributed by atoms with E-state index in [2.05, 4.69) is 44.5 Å². The number of nitrogens with zero attached hydrogens (tertiary/aromatic N) is 3. The van der Waals surface area contributed by atoms with Gasteiger partial charge in [-0.2, -0.15) is 0 Å².